The van der Waals surface area contributed by atoms with Gasteiger partial charge in [0.25, 0.3) is 0 Å². The van der Waals surface area contributed by atoms with Crippen molar-refractivity contribution in [3.63, 3.8) is 0 Å². The fraction of sp³-hybridized carbons (Fsp3) is 0.467. The Morgan fingerprint density at radius 3 is 2.63 bits per heavy atom. The molecule has 19 heavy (non-hydrogen) atoms. The lowest BCUT2D eigenvalue weighted by Gasteiger charge is -2.37. The lowest BCUT2D eigenvalue weighted by atomic mass is 9.99. The monoisotopic (exact) mass is 257 g/mol. The largest absolute Gasteiger partial charge is 0.339 e. The zero-order chi connectivity index (χ0) is 13.2. The summed E-state index contributed by atoms with van der Waals surface area (Å²) in [5, 5.41) is 4.02. The van der Waals surface area contributed by atoms with Crippen LogP contribution in [-0.4, -0.2) is 28.1 Å². The Hall–Kier alpha value is -1.68. The molecule has 0 N–H and O–H groups in total. The first kappa shape index (κ1) is 12.4. The highest BCUT2D eigenvalue weighted by molar-refractivity contribution is 5.15. The number of hydrogen-bond donors (Lipinski definition) is 0. The van der Waals surface area contributed by atoms with Gasteiger partial charge in [-0.15, -0.1) is 0 Å². The summed E-state index contributed by atoms with van der Waals surface area (Å²) in [4.78, 5) is 6.87. The second-order valence-corrected chi connectivity index (χ2v) is 5.52. The molecular weight excluding hydrogens is 238 g/mol. The van der Waals surface area contributed by atoms with Crippen molar-refractivity contribution < 1.29 is 4.52 Å². The third kappa shape index (κ3) is 2.68. The minimum atomic E-state index is 0.331. The quantitative estimate of drug-likeness (QED) is 0.844. The molecule has 0 atom stereocenters. The molecule has 0 unspecified atom stereocenters. The van der Waals surface area contributed by atoms with Gasteiger partial charge in [0, 0.05) is 25.6 Å². The van der Waals surface area contributed by atoms with Crippen molar-refractivity contribution in [3.8, 4) is 0 Å². The zero-order valence-electron chi connectivity index (χ0n) is 11.4. The van der Waals surface area contributed by atoms with Crippen molar-refractivity contribution in [1.82, 2.24) is 15.0 Å². The van der Waals surface area contributed by atoms with Crippen molar-refractivity contribution in [2.24, 2.45) is 0 Å². The molecule has 1 saturated heterocycles. The second-order valence-electron chi connectivity index (χ2n) is 5.52. The van der Waals surface area contributed by atoms with E-state index in [4.69, 9.17) is 4.52 Å². The maximum Gasteiger partial charge on any atom is 0.232 e. The topological polar surface area (TPSA) is 42.2 Å². The first-order valence-electron chi connectivity index (χ1n) is 6.82. The maximum atomic E-state index is 5.34. The number of hydrogen-bond acceptors (Lipinski definition) is 4. The van der Waals surface area contributed by atoms with Gasteiger partial charge in [0.1, 0.15) is 0 Å². The van der Waals surface area contributed by atoms with E-state index < -0.39 is 0 Å². The Labute approximate surface area is 113 Å². The minimum Gasteiger partial charge on any atom is -0.339 e. The van der Waals surface area contributed by atoms with Gasteiger partial charge in [-0.3, -0.25) is 4.90 Å². The van der Waals surface area contributed by atoms with Gasteiger partial charge in [-0.1, -0.05) is 49.3 Å². The van der Waals surface area contributed by atoms with E-state index in [-0.39, 0.29) is 0 Å². The molecule has 100 valence electrons. The third-order valence-corrected chi connectivity index (χ3v) is 3.53. The molecule has 0 amide bonds. The molecule has 1 fully saturated rings. The summed E-state index contributed by atoms with van der Waals surface area (Å²) in [6.45, 7) is 7.18. The van der Waals surface area contributed by atoms with Gasteiger partial charge < -0.3 is 4.52 Å². The van der Waals surface area contributed by atoms with Crippen LogP contribution in [0.25, 0.3) is 0 Å². The summed E-state index contributed by atoms with van der Waals surface area (Å²) in [6.07, 6.45) is 0. The summed E-state index contributed by atoms with van der Waals surface area (Å²) in [5.41, 5.74) is 1.36. The van der Waals surface area contributed by atoms with Crippen molar-refractivity contribution in [2.75, 3.05) is 13.1 Å². The van der Waals surface area contributed by atoms with Gasteiger partial charge in [-0.25, -0.2) is 0 Å². The van der Waals surface area contributed by atoms with Gasteiger partial charge >= 0.3 is 0 Å². The highest BCUT2D eigenvalue weighted by atomic mass is 16.5. The Morgan fingerprint density at radius 2 is 2.00 bits per heavy atom. The van der Waals surface area contributed by atoms with E-state index in [0.29, 0.717) is 11.8 Å². The number of aromatic nitrogens is 2. The predicted octanol–water partition coefficient (Wildman–Crippen LogP) is 2.79. The fourth-order valence-corrected chi connectivity index (χ4v) is 2.34. The minimum absolute atomic E-state index is 0.331. The summed E-state index contributed by atoms with van der Waals surface area (Å²) in [7, 11) is 0. The molecule has 1 aromatic heterocycles. The van der Waals surface area contributed by atoms with E-state index >= 15 is 0 Å². The first-order valence-corrected chi connectivity index (χ1v) is 6.82. The summed E-state index contributed by atoms with van der Waals surface area (Å²) in [6, 6.07) is 10.5. The van der Waals surface area contributed by atoms with Crippen LogP contribution >= 0.6 is 0 Å². The van der Waals surface area contributed by atoms with Crippen LogP contribution in [0, 0.1) is 0 Å². The van der Waals surface area contributed by atoms with Gasteiger partial charge in [-0.05, 0) is 5.56 Å². The molecule has 0 spiro atoms. The van der Waals surface area contributed by atoms with Crippen LogP contribution in [0.4, 0.5) is 0 Å². The Bertz CT molecular complexity index is 529. The molecular formula is C15H19N3O. The average molecular weight is 257 g/mol. The lowest BCUT2D eigenvalue weighted by molar-refractivity contribution is 0.117. The highest BCUT2D eigenvalue weighted by Gasteiger charge is 2.32. The summed E-state index contributed by atoms with van der Waals surface area (Å²) in [5.74, 6) is 2.35. The zero-order valence-corrected chi connectivity index (χ0v) is 11.4. The molecule has 4 nitrogen and oxygen atoms in total. The third-order valence-electron chi connectivity index (χ3n) is 3.53. The van der Waals surface area contributed by atoms with Crippen molar-refractivity contribution in [3.05, 3.63) is 47.6 Å². The molecule has 0 radical (unpaired) electrons. The number of rotatable bonds is 4. The van der Waals surface area contributed by atoms with Crippen molar-refractivity contribution in [2.45, 2.75) is 32.2 Å². The molecule has 2 heterocycles. The van der Waals surface area contributed by atoms with Crippen molar-refractivity contribution >= 4 is 0 Å². The molecule has 1 aliphatic rings. The molecule has 1 aliphatic heterocycles. The molecule has 0 bridgehead atoms. The van der Waals surface area contributed by atoms with Crippen LogP contribution in [0.1, 0.15) is 43.0 Å². The molecule has 2 aromatic rings. The average Bonchev–Trinajstić information content (AvgIpc) is 2.84. The highest BCUT2D eigenvalue weighted by Crippen LogP contribution is 2.27. The van der Waals surface area contributed by atoms with Crippen LogP contribution in [0.5, 0.6) is 0 Å². The fourth-order valence-electron chi connectivity index (χ4n) is 2.34. The van der Waals surface area contributed by atoms with Gasteiger partial charge in [0.05, 0.1) is 5.92 Å². The van der Waals surface area contributed by atoms with E-state index in [1.54, 1.807) is 0 Å². The number of benzene rings is 1. The van der Waals surface area contributed by atoms with Crippen LogP contribution < -0.4 is 0 Å². The van der Waals surface area contributed by atoms with Gasteiger partial charge in [0.2, 0.25) is 5.89 Å². The number of likely N-dealkylation sites (tertiary alicyclic amines) is 1. The van der Waals surface area contributed by atoms with Crippen molar-refractivity contribution in [1.29, 1.82) is 0 Å². The summed E-state index contributed by atoms with van der Waals surface area (Å²) >= 11 is 0. The second kappa shape index (κ2) is 5.13. The lowest BCUT2D eigenvalue weighted by Crippen LogP contribution is -2.44. The summed E-state index contributed by atoms with van der Waals surface area (Å²) < 4.78 is 5.34. The van der Waals surface area contributed by atoms with E-state index in [1.807, 2.05) is 6.07 Å². The van der Waals surface area contributed by atoms with E-state index in [9.17, 15) is 0 Å². The van der Waals surface area contributed by atoms with E-state index in [1.165, 1.54) is 5.56 Å². The SMILES string of the molecule is CC(C)c1noc(C2CN(Cc3ccccc3)C2)n1. The Balaban J connectivity index is 1.55. The van der Waals surface area contributed by atoms with E-state index in [2.05, 4.69) is 53.2 Å². The van der Waals surface area contributed by atoms with Gasteiger partial charge in [0.15, 0.2) is 5.82 Å². The normalized spacial score (nSPS) is 16.8. The van der Waals surface area contributed by atoms with E-state index in [0.717, 1.165) is 31.3 Å². The Kier molecular flexibility index (Phi) is 3.34. The van der Waals surface area contributed by atoms with Gasteiger partial charge in [-0.2, -0.15) is 4.98 Å². The first-order chi connectivity index (χ1) is 9.22. The van der Waals surface area contributed by atoms with Crippen LogP contribution in [0.15, 0.2) is 34.9 Å². The predicted molar refractivity (Wildman–Crippen MR) is 72.8 cm³/mol. The molecule has 0 saturated carbocycles. The standard InChI is InChI=1S/C15H19N3O/c1-11(2)14-16-15(19-17-14)13-9-18(10-13)8-12-6-4-3-5-7-12/h3-7,11,13H,8-10H2,1-2H3. The molecule has 0 aliphatic carbocycles. The Morgan fingerprint density at radius 1 is 1.26 bits per heavy atom. The number of nitrogens with zero attached hydrogens (tertiary/aromatic N) is 3. The van der Waals surface area contributed by atoms with Crippen LogP contribution in [-0.2, 0) is 6.54 Å². The molecule has 4 heteroatoms. The van der Waals surface area contributed by atoms with Crippen LogP contribution in [0.3, 0.4) is 0 Å². The van der Waals surface area contributed by atoms with Crippen LogP contribution in [0.2, 0.25) is 0 Å². The maximum absolute atomic E-state index is 5.34. The molecule has 3 rings (SSSR count). The molecule has 1 aromatic carbocycles. The smallest absolute Gasteiger partial charge is 0.232 e.